The number of benzene rings is 2. The molecule has 0 bridgehead atoms. The normalized spacial score (nSPS) is 13.9. The first-order valence-corrected chi connectivity index (χ1v) is 9.92. The van der Waals surface area contributed by atoms with E-state index in [-0.39, 0.29) is 4.90 Å². The Bertz CT molecular complexity index is 1120. The third-order valence-electron chi connectivity index (χ3n) is 4.81. The van der Waals surface area contributed by atoms with E-state index in [1.165, 1.54) is 11.4 Å². The average molecular weight is 368 g/mol. The smallest absolute Gasteiger partial charge is 0.269 e. The van der Waals surface area contributed by atoms with Crippen molar-refractivity contribution in [3.63, 3.8) is 0 Å². The number of para-hydroxylation sites is 1. The second kappa shape index (κ2) is 5.99. The lowest BCUT2D eigenvalue weighted by atomic mass is 10.1. The van der Waals surface area contributed by atoms with Crippen LogP contribution in [-0.4, -0.2) is 27.1 Å². The van der Waals surface area contributed by atoms with Gasteiger partial charge in [0.05, 0.1) is 12.6 Å². The number of ether oxygens (including phenoxy) is 1. The van der Waals surface area contributed by atoms with Gasteiger partial charge in [-0.3, -0.25) is 0 Å². The maximum Gasteiger partial charge on any atom is 0.269 e. The van der Waals surface area contributed by atoms with Gasteiger partial charge in [-0.1, -0.05) is 24.3 Å². The highest BCUT2D eigenvalue weighted by Gasteiger charge is 2.34. The van der Waals surface area contributed by atoms with Gasteiger partial charge in [0, 0.05) is 11.9 Å². The molecule has 2 heterocycles. The second-order valence-electron chi connectivity index (χ2n) is 6.60. The van der Waals surface area contributed by atoms with Crippen molar-refractivity contribution in [2.45, 2.75) is 25.2 Å². The highest BCUT2D eigenvalue weighted by Crippen LogP contribution is 2.36. The number of sulfonamides is 1. The number of nitrogens with zero attached hydrogens (tertiary/aromatic N) is 2. The van der Waals surface area contributed by atoms with Crippen molar-refractivity contribution in [2.75, 3.05) is 18.0 Å². The van der Waals surface area contributed by atoms with Gasteiger partial charge >= 0.3 is 0 Å². The van der Waals surface area contributed by atoms with Gasteiger partial charge in [0.1, 0.15) is 16.5 Å². The van der Waals surface area contributed by atoms with E-state index >= 15 is 0 Å². The largest absolute Gasteiger partial charge is 0.495 e. The van der Waals surface area contributed by atoms with E-state index in [1.807, 2.05) is 44.2 Å². The topological polar surface area (TPSA) is 59.5 Å². The van der Waals surface area contributed by atoms with Crippen LogP contribution < -0.4 is 9.04 Å². The second-order valence-corrected chi connectivity index (χ2v) is 8.43. The van der Waals surface area contributed by atoms with E-state index in [1.54, 1.807) is 12.1 Å². The van der Waals surface area contributed by atoms with E-state index in [4.69, 9.17) is 9.72 Å². The number of pyridine rings is 1. The molecule has 3 aromatic rings. The van der Waals surface area contributed by atoms with Crippen LogP contribution in [0.25, 0.3) is 10.9 Å². The summed E-state index contributed by atoms with van der Waals surface area (Å²) in [5, 5.41) is 1.04. The third-order valence-corrected chi connectivity index (χ3v) is 6.62. The summed E-state index contributed by atoms with van der Waals surface area (Å²) >= 11 is 0. The summed E-state index contributed by atoms with van der Waals surface area (Å²) in [6.45, 7) is 4.24. The standard InChI is InChI=1S/C20H20N2O3S/c1-13-7-8-17(25-3)18(11-13)26(23,24)22-10-9-16-12-15-6-4-5-14(2)19(15)21-20(16)22/h4-8,11-12H,9-10H2,1-3H3. The Hall–Kier alpha value is -2.60. The molecule has 4 rings (SSSR count). The third kappa shape index (κ3) is 2.52. The van der Waals surface area contributed by atoms with Crippen molar-refractivity contribution in [3.05, 3.63) is 59.2 Å². The van der Waals surface area contributed by atoms with Crippen LogP contribution in [0, 0.1) is 13.8 Å². The van der Waals surface area contributed by atoms with Crippen LogP contribution in [0.2, 0.25) is 0 Å². The quantitative estimate of drug-likeness (QED) is 0.709. The Kier molecular flexibility index (Phi) is 3.88. The van der Waals surface area contributed by atoms with Gasteiger partial charge in [0.2, 0.25) is 0 Å². The predicted octanol–water partition coefficient (Wildman–Crippen LogP) is 3.61. The van der Waals surface area contributed by atoms with Crippen molar-refractivity contribution >= 4 is 26.7 Å². The number of anilines is 1. The van der Waals surface area contributed by atoms with Gasteiger partial charge in [-0.2, -0.15) is 0 Å². The van der Waals surface area contributed by atoms with Crippen molar-refractivity contribution in [1.82, 2.24) is 4.98 Å². The molecule has 0 fully saturated rings. The van der Waals surface area contributed by atoms with Gasteiger partial charge in [-0.25, -0.2) is 17.7 Å². The Morgan fingerprint density at radius 2 is 1.92 bits per heavy atom. The Morgan fingerprint density at radius 3 is 2.69 bits per heavy atom. The minimum absolute atomic E-state index is 0.180. The van der Waals surface area contributed by atoms with Crippen LogP contribution in [0.5, 0.6) is 5.75 Å². The molecule has 26 heavy (non-hydrogen) atoms. The van der Waals surface area contributed by atoms with Crippen LogP contribution in [0.15, 0.2) is 47.4 Å². The van der Waals surface area contributed by atoms with Gasteiger partial charge in [-0.05, 0) is 55.2 Å². The maximum absolute atomic E-state index is 13.4. The zero-order valence-corrected chi connectivity index (χ0v) is 15.8. The van der Waals surface area contributed by atoms with Crippen LogP contribution in [-0.2, 0) is 16.4 Å². The van der Waals surface area contributed by atoms with Gasteiger partial charge in [0.15, 0.2) is 0 Å². The first-order valence-electron chi connectivity index (χ1n) is 8.48. The molecule has 1 aromatic heterocycles. The lowest BCUT2D eigenvalue weighted by Gasteiger charge is -2.21. The Morgan fingerprint density at radius 1 is 1.12 bits per heavy atom. The molecule has 1 aliphatic heterocycles. The van der Waals surface area contributed by atoms with Crippen LogP contribution in [0.4, 0.5) is 5.82 Å². The van der Waals surface area contributed by atoms with E-state index in [0.29, 0.717) is 24.5 Å². The molecule has 6 heteroatoms. The summed E-state index contributed by atoms with van der Waals surface area (Å²) in [6, 6.07) is 13.2. The average Bonchev–Trinajstić information content (AvgIpc) is 3.04. The van der Waals surface area contributed by atoms with Crippen molar-refractivity contribution in [3.8, 4) is 5.75 Å². The number of aromatic nitrogens is 1. The first kappa shape index (κ1) is 16.8. The van der Waals surface area contributed by atoms with Crippen molar-refractivity contribution < 1.29 is 13.2 Å². The molecule has 0 radical (unpaired) electrons. The highest BCUT2D eigenvalue weighted by molar-refractivity contribution is 7.93. The fraction of sp³-hybridized carbons (Fsp3) is 0.250. The zero-order valence-electron chi connectivity index (χ0n) is 15.0. The Labute approximate surface area is 153 Å². The summed E-state index contributed by atoms with van der Waals surface area (Å²) < 4.78 is 33.4. The lowest BCUT2D eigenvalue weighted by Crippen LogP contribution is -2.30. The molecule has 134 valence electrons. The number of rotatable bonds is 3. The molecule has 0 N–H and O–H groups in total. The van der Waals surface area contributed by atoms with E-state index in [2.05, 4.69) is 0 Å². The van der Waals surface area contributed by atoms with E-state index < -0.39 is 10.0 Å². The molecule has 2 aromatic carbocycles. The number of fused-ring (bicyclic) bond motifs is 2. The summed E-state index contributed by atoms with van der Waals surface area (Å²) in [5.41, 5.74) is 3.69. The summed E-state index contributed by atoms with van der Waals surface area (Å²) in [5.74, 6) is 0.872. The zero-order chi connectivity index (χ0) is 18.5. The molecule has 5 nitrogen and oxygen atoms in total. The molecular weight excluding hydrogens is 348 g/mol. The monoisotopic (exact) mass is 368 g/mol. The summed E-state index contributed by atoms with van der Waals surface area (Å²) in [6.07, 6.45) is 0.652. The lowest BCUT2D eigenvalue weighted by molar-refractivity contribution is 0.402. The molecule has 0 amide bonds. The van der Waals surface area contributed by atoms with Gasteiger partial charge in [0.25, 0.3) is 10.0 Å². The molecule has 0 aliphatic carbocycles. The number of hydrogen-bond donors (Lipinski definition) is 0. The molecule has 0 saturated carbocycles. The van der Waals surface area contributed by atoms with E-state index in [0.717, 1.165) is 27.6 Å². The van der Waals surface area contributed by atoms with Crippen molar-refractivity contribution in [1.29, 1.82) is 0 Å². The number of methoxy groups -OCH3 is 1. The van der Waals surface area contributed by atoms with E-state index in [9.17, 15) is 8.42 Å². The fourth-order valence-corrected chi connectivity index (χ4v) is 5.14. The molecule has 0 atom stereocenters. The van der Waals surface area contributed by atoms with Crippen LogP contribution in [0.1, 0.15) is 16.7 Å². The van der Waals surface area contributed by atoms with Crippen molar-refractivity contribution in [2.24, 2.45) is 0 Å². The molecular formula is C20H20N2O3S. The number of hydrogen-bond acceptors (Lipinski definition) is 4. The molecule has 0 unspecified atom stereocenters. The van der Waals surface area contributed by atoms with Gasteiger partial charge < -0.3 is 4.74 Å². The number of aryl methyl sites for hydroxylation is 2. The SMILES string of the molecule is COc1ccc(C)cc1S(=O)(=O)N1CCc2cc3cccc(C)c3nc21. The molecule has 1 aliphatic rings. The van der Waals surface area contributed by atoms with Crippen LogP contribution >= 0.6 is 0 Å². The summed E-state index contributed by atoms with van der Waals surface area (Å²) in [7, 11) is -2.27. The first-order chi connectivity index (χ1) is 12.4. The highest BCUT2D eigenvalue weighted by atomic mass is 32.2. The summed E-state index contributed by atoms with van der Waals surface area (Å²) in [4.78, 5) is 4.89. The minimum Gasteiger partial charge on any atom is -0.495 e. The molecule has 0 spiro atoms. The molecule has 0 saturated heterocycles. The maximum atomic E-state index is 13.4. The predicted molar refractivity (Wildman–Crippen MR) is 102 cm³/mol. The van der Waals surface area contributed by atoms with Gasteiger partial charge in [-0.15, -0.1) is 0 Å². The Balaban J connectivity index is 1.89. The minimum atomic E-state index is -3.75. The van der Waals surface area contributed by atoms with Crippen LogP contribution in [0.3, 0.4) is 0 Å². The fourth-order valence-electron chi connectivity index (χ4n) is 3.45.